The van der Waals surface area contributed by atoms with E-state index in [0.29, 0.717) is 10.6 Å². The first kappa shape index (κ1) is 16.4. The minimum absolute atomic E-state index is 0.511. The summed E-state index contributed by atoms with van der Waals surface area (Å²) in [7, 11) is 2.05. The largest absolute Gasteiger partial charge is 0.351 e. The molecular formula is C17H17N5S2. The molecule has 5 nitrogen and oxygen atoms in total. The van der Waals surface area contributed by atoms with E-state index in [0.717, 1.165) is 22.1 Å². The van der Waals surface area contributed by atoms with Gasteiger partial charge in [-0.05, 0) is 26.8 Å². The normalized spacial score (nSPS) is 11.5. The van der Waals surface area contributed by atoms with Crippen LogP contribution in [-0.4, -0.2) is 14.5 Å². The number of thiazole rings is 2. The molecule has 0 aliphatic heterocycles. The number of nitriles is 1. The average Bonchev–Trinajstić information content (AvgIpc) is 3.26. The Morgan fingerprint density at radius 2 is 2.04 bits per heavy atom. The van der Waals surface area contributed by atoms with Crippen molar-refractivity contribution in [3.05, 3.63) is 45.1 Å². The van der Waals surface area contributed by atoms with Gasteiger partial charge in [-0.2, -0.15) is 5.26 Å². The van der Waals surface area contributed by atoms with E-state index in [2.05, 4.69) is 52.9 Å². The summed E-state index contributed by atoms with van der Waals surface area (Å²) in [5, 5.41) is 17.9. The fourth-order valence-electron chi connectivity index (χ4n) is 2.33. The summed E-state index contributed by atoms with van der Waals surface area (Å²) in [5.74, 6) is 0. The second-order valence-corrected chi connectivity index (χ2v) is 7.21. The standard InChI is InChI=1S/C17H17N5S2/c1-10-8-23-16(20-10)13(6-18)7-19-17-21-15(9-24-17)14-5-11(2)22(4)12(14)3/h5,7-9H,1-4H3,(H,19,21)/b13-7+. The van der Waals surface area contributed by atoms with Gasteiger partial charge in [-0.3, -0.25) is 0 Å². The van der Waals surface area contributed by atoms with Gasteiger partial charge in [0, 0.05) is 46.7 Å². The fraction of sp³-hybridized carbons (Fsp3) is 0.235. The first-order valence-corrected chi connectivity index (χ1v) is 9.13. The van der Waals surface area contributed by atoms with Gasteiger partial charge < -0.3 is 9.88 Å². The zero-order valence-corrected chi connectivity index (χ0v) is 15.5. The molecule has 122 valence electrons. The van der Waals surface area contributed by atoms with Crippen LogP contribution >= 0.6 is 22.7 Å². The van der Waals surface area contributed by atoms with Gasteiger partial charge in [0.25, 0.3) is 0 Å². The molecule has 0 fully saturated rings. The minimum Gasteiger partial charge on any atom is -0.351 e. The molecule has 0 spiro atoms. The number of allylic oxidation sites excluding steroid dienone is 1. The highest BCUT2D eigenvalue weighted by molar-refractivity contribution is 7.14. The quantitative estimate of drug-likeness (QED) is 0.699. The van der Waals surface area contributed by atoms with Crippen LogP contribution in [0.3, 0.4) is 0 Å². The van der Waals surface area contributed by atoms with Crippen LogP contribution in [-0.2, 0) is 7.05 Å². The molecule has 3 heterocycles. The van der Waals surface area contributed by atoms with Gasteiger partial charge in [0.15, 0.2) is 5.13 Å². The van der Waals surface area contributed by atoms with Crippen molar-refractivity contribution in [1.29, 1.82) is 5.26 Å². The van der Waals surface area contributed by atoms with E-state index in [1.165, 1.54) is 34.1 Å². The van der Waals surface area contributed by atoms with Crippen LogP contribution in [0.4, 0.5) is 5.13 Å². The second kappa shape index (κ2) is 6.59. The van der Waals surface area contributed by atoms with E-state index < -0.39 is 0 Å². The Morgan fingerprint density at radius 3 is 2.62 bits per heavy atom. The number of nitrogens with zero attached hydrogens (tertiary/aromatic N) is 4. The Balaban J connectivity index is 1.82. The Bertz CT molecular complexity index is 952. The monoisotopic (exact) mass is 355 g/mol. The molecule has 0 aliphatic rings. The van der Waals surface area contributed by atoms with Crippen LogP contribution in [0.5, 0.6) is 0 Å². The van der Waals surface area contributed by atoms with Crippen molar-refractivity contribution in [3.63, 3.8) is 0 Å². The van der Waals surface area contributed by atoms with E-state index in [-0.39, 0.29) is 0 Å². The van der Waals surface area contributed by atoms with Crippen LogP contribution in [0.1, 0.15) is 22.1 Å². The van der Waals surface area contributed by atoms with Crippen molar-refractivity contribution >= 4 is 33.4 Å². The third-order valence-electron chi connectivity index (χ3n) is 3.87. The van der Waals surface area contributed by atoms with Crippen molar-refractivity contribution in [2.75, 3.05) is 5.32 Å². The van der Waals surface area contributed by atoms with Gasteiger partial charge in [0.2, 0.25) is 0 Å². The Hall–Kier alpha value is -2.43. The lowest BCUT2D eigenvalue weighted by molar-refractivity contribution is 0.845. The van der Waals surface area contributed by atoms with Crippen molar-refractivity contribution in [2.24, 2.45) is 7.05 Å². The number of aryl methyl sites for hydroxylation is 2. The number of rotatable bonds is 4. The number of anilines is 1. The average molecular weight is 355 g/mol. The van der Waals surface area contributed by atoms with E-state index >= 15 is 0 Å². The van der Waals surface area contributed by atoms with Crippen molar-refractivity contribution in [2.45, 2.75) is 20.8 Å². The van der Waals surface area contributed by atoms with Crippen LogP contribution < -0.4 is 5.32 Å². The van der Waals surface area contributed by atoms with E-state index in [4.69, 9.17) is 0 Å². The molecule has 1 N–H and O–H groups in total. The third-order valence-corrected chi connectivity index (χ3v) is 5.63. The first-order valence-electron chi connectivity index (χ1n) is 7.37. The fourth-order valence-corrected chi connectivity index (χ4v) is 3.78. The lowest BCUT2D eigenvalue weighted by Crippen LogP contribution is -1.93. The summed E-state index contributed by atoms with van der Waals surface area (Å²) in [6.07, 6.45) is 1.67. The van der Waals surface area contributed by atoms with Crippen LogP contribution in [0.2, 0.25) is 0 Å². The maximum Gasteiger partial charge on any atom is 0.187 e. The summed E-state index contributed by atoms with van der Waals surface area (Å²) in [5.41, 5.74) is 5.91. The van der Waals surface area contributed by atoms with Gasteiger partial charge in [-0.25, -0.2) is 9.97 Å². The molecule has 0 aromatic carbocycles. The topological polar surface area (TPSA) is 66.5 Å². The van der Waals surface area contributed by atoms with E-state index in [1.807, 2.05) is 17.7 Å². The van der Waals surface area contributed by atoms with Crippen LogP contribution in [0.15, 0.2) is 23.0 Å². The molecule has 3 rings (SSSR count). The number of hydrogen-bond acceptors (Lipinski definition) is 6. The highest BCUT2D eigenvalue weighted by Gasteiger charge is 2.12. The molecule has 0 amide bonds. The predicted octanol–water partition coefficient (Wildman–Crippen LogP) is 4.51. The second-order valence-electron chi connectivity index (χ2n) is 5.49. The first-order chi connectivity index (χ1) is 11.5. The van der Waals surface area contributed by atoms with Crippen LogP contribution in [0, 0.1) is 32.1 Å². The third kappa shape index (κ3) is 3.11. The molecule has 0 unspecified atom stereocenters. The molecule has 0 atom stereocenters. The maximum absolute atomic E-state index is 9.31. The molecule has 0 bridgehead atoms. The van der Waals surface area contributed by atoms with Crippen molar-refractivity contribution in [3.8, 4) is 17.3 Å². The number of nitrogens with one attached hydrogen (secondary N) is 1. The molecule has 0 saturated carbocycles. The zero-order valence-electron chi connectivity index (χ0n) is 13.9. The number of hydrogen-bond donors (Lipinski definition) is 1. The summed E-state index contributed by atoms with van der Waals surface area (Å²) in [6.45, 7) is 6.09. The van der Waals surface area contributed by atoms with E-state index in [9.17, 15) is 5.26 Å². The van der Waals surface area contributed by atoms with Gasteiger partial charge >= 0.3 is 0 Å². The minimum atomic E-state index is 0.511. The highest BCUT2D eigenvalue weighted by atomic mass is 32.1. The van der Waals surface area contributed by atoms with Gasteiger partial charge in [-0.15, -0.1) is 22.7 Å². The molecule has 7 heteroatoms. The summed E-state index contributed by atoms with van der Waals surface area (Å²) in [6, 6.07) is 4.32. The zero-order chi connectivity index (χ0) is 17.3. The van der Waals surface area contributed by atoms with Gasteiger partial charge in [0.05, 0.1) is 5.69 Å². The summed E-state index contributed by atoms with van der Waals surface area (Å²) < 4.78 is 2.15. The molecule has 0 saturated heterocycles. The highest BCUT2D eigenvalue weighted by Crippen LogP contribution is 2.29. The lowest BCUT2D eigenvalue weighted by atomic mass is 10.2. The predicted molar refractivity (Wildman–Crippen MR) is 100 cm³/mol. The Morgan fingerprint density at radius 1 is 1.25 bits per heavy atom. The molecular weight excluding hydrogens is 338 g/mol. The molecule has 3 aromatic heterocycles. The maximum atomic E-state index is 9.31. The number of aromatic nitrogens is 3. The van der Waals surface area contributed by atoms with Crippen LogP contribution in [0.25, 0.3) is 16.8 Å². The molecule has 0 radical (unpaired) electrons. The molecule has 24 heavy (non-hydrogen) atoms. The van der Waals surface area contributed by atoms with Crippen molar-refractivity contribution < 1.29 is 0 Å². The SMILES string of the molecule is Cc1csc(/C(C#N)=C/Nc2nc(-c3cc(C)n(C)c3C)cs2)n1. The molecule has 0 aliphatic carbocycles. The van der Waals surface area contributed by atoms with Crippen molar-refractivity contribution in [1.82, 2.24) is 14.5 Å². The van der Waals surface area contributed by atoms with Gasteiger partial charge in [-0.1, -0.05) is 0 Å². The lowest BCUT2D eigenvalue weighted by Gasteiger charge is -2.00. The Kier molecular flexibility index (Phi) is 4.51. The van der Waals surface area contributed by atoms with Gasteiger partial charge in [0.1, 0.15) is 16.6 Å². The summed E-state index contributed by atoms with van der Waals surface area (Å²) >= 11 is 2.98. The van der Waals surface area contributed by atoms with E-state index in [1.54, 1.807) is 6.20 Å². The smallest absolute Gasteiger partial charge is 0.187 e. The molecule has 3 aromatic rings. The Labute approximate surface area is 148 Å². The summed E-state index contributed by atoms with van der Waals surface area (Å²) in [4.78, 5) is 8.96.